The Morgan fingerprint density at radius 1 is 1.23 bits per heavy atom. The highest BCUT2D eigenvalue weighted by Gasteiger charge is 2.48. The number of nitrogens with zero attached hydrogens (tertiary/aromatic N) is 5. The fourth-order valence-corrected chi connectivity index (χ4v) is 4.99. The lowest BCUT2D eigenvalue weighted by Crippen LogP contribution is -2.56. The maximum atomic E-state index is 11.4. The third-order valence-corrected chi connectivity index (χ3v) is 6.46. The molecule has 1 amide bonds. The standard InChI is InChI=1S/C22H26N6O2/c1-15-3-4-18-17(10-26(2)19(18)7-15)11-27-12-22(13-27)5-6-28(14-22)21-23-8-16(9-24-21)20(29)25-30/h3-4,7-10,30H,5-6,11-14H2,1-2H3,(H,25,29). The zero-order chi connectivity index (χ0) is 20.9. The van der Waals surface area contributed by atoms with Crippen molar-refractivity contribution in [1.82, 2.24) is 24.9 Å². The van der Waals surface area contributed by atoms with E-state index in [4.69, 9.17) is 5.21 Å². The van der Waals surface area contributed by atoms with Crippen LogP contribution in [0.4, 0.5) is 5.95 Å². The summed E-state index contributed by atoms with van der Waals surface area (Å²) in [6.07, 6.45) is 6.29. The van der Waals surface area contributed by atoms with Crippen LogP contribution in [0.15, 0.2) is 36.8 Å². The minimum atomic E-state index is -0.599. The number of aromatic nitrogens is 3. The number of carbonyl (C=O) groups excluding carboxylic acids is 1. The molecular weight excluding hydrogens is 380 g/mol. The average molecular weight is 406 g/mol. The summed E-state index contributed by atoms with van der Waals surface area (Å²) < 4.78 is 2.22. The van der Waals surface area contributed by atoms with Crippen molar-refractivity contribution in [2.24, 2.45) is 12.5 Å². The number of amides is 1. The van der Waals surface area contributed by atoms with Gasteiger partial charge in [0.25, 0.3) is 5.91 Å². The van der Waals surface area contributed by atoms with E-state index < -0.39 is 5.91 Å². The Morgan fingerprint density at radius 2 is 2.00 bits per heavy atom. The van der Waals surface area contributed by atoms with E-state index in [1.165, 1.54) is 34.4 Å². The molecule has 2 aromatic heterocycles. The number of benzene rings is 1. The monoisotopic (exact) mass is 406 g/mol. The molecule has 2 aliphatic rings. The summed E-state index contributed by atoms with van der Waals surface area (Å²) in [5.41, 5.74) is 6.11. The van der Waals surface area contributed by atoms with Gasteiger partial charge in [-0.25, -0.2) is 15.4 Å². The first kappa shape index (κ1) is 19.0. The van der Waals surface area contributed by atoms with Gasteiger partial charge in [0.15, 0.2) is 0 Å². The first-order valence-electron chi connectivity index (χ1n) is 10.2. The van der Waals surface area contributed by atoms with Crippen molar-refractivity contribution in [3.05, 3.63) is 53.5 Å². The molecule has 5 rings (SSSR count). The molecule has 1 aromatic carbocycles. The molecule has 0 unspecified atom stereocenters. The van der Waals surface area contributed by atoms with E-state index in [1.807, 2.05) is 0 Å². The van der Waals surface area contributed by atoms with Crippen LogP contribution in [0.25, 0.3) is 10.9 Å². The molecular formula is C22H26N6O2. The SMILES string of the molecule is Cc1ccc2c(CN3CC4(CCN(c5ncc(C(=O)NO)cn5)C4)C3)cn(C)c2c1. The van der Waals surface area contributed by atoms with Crippen LogP contribution in [0.5, 0.6) is 0 Å². The first-order chi connectivity index (χ1) is 14.5. The van der Waals surface area contributed by atoms with Gasteiger partial charge in [0.2, 0.25) is 5.95 Å². The number of hydrogen-bond acceptors (Lipinski definition) is 6. The van der Waals surface area contributed by atoms with Gasteiger partial charge >= 0.3 is 0 Å². The van der Waals surface area contributed by atoms with E-state index in [2.05, 4.69) is 62.7 Å². The predicted octanol–water partition coefficient (Wildman–Crippen LogP) is 2.11. The van der Waals surface area contributed by atoms with E-state index in [1.54, 1.807) is 5.48 Å². The highest BCUT2D eigenvalue weighted by atomic mass is 16.5. The fraction of sp³-hybridized carbons (Fsp3) is 0.409. The molecule has 8 nitrogen and oxygen atoms in total. The van der Waals surface area contributed by atoms with Gasteiger partial charge in [-0.3, -0.25) is 14.9 Å². The van der Waals surface area contributed by atoms with Crippen LogP contribution in [-0.4, -0.2) is 56.7 Å². The number of fused-ring (bicyclic) bond motifs is 1. The summed E-state index contributed by atoms with van der Waals surface area (Å²) in [5, 5.41) is 10.1. The topological polar surface area (TPSA) is 86.5 Å². The van der Waals surface area contributed by atoms with Crippen molar-refractivity contribution in [3.63, 3.8) is 0 Å². The molecule has 2 fully saturated rings. The third-order valence-electron chi connectivity index (χ3n) is 6.46. The number of rotatable bonds is 4. The molecule has 4 heterocycles. The van der Waals surface area contributed by atoms with Crippen molar-refractivity contribution in [1.29, 1.82) is 0 Å². The third kappa shape index (κ3) is 3.22. The van der Waals surface area contributed by atoms with Crippen molar-refractivity contribution in [2.45, 2.75) is 19.9 Å². The average Bonchev–Trinajstić information content (AvgIpc) is 3.30. The molecule has 30 heavy (non-hydrogen) atoms. The number of hydroxylamine groups is 1. The van der Waals surface area contributed by atoms with Crippen LogP contribution >= 0.6 is 0 Å². The molecule has 0 radical (unpaired) electrons. The van der Waals surface area contributed by atoms with Gasteiger partial charge in [0.1, 0.15) is 0 Å². The molecule has 0 aliphatic carbocycles. The summed E-state index contributed by atoms with van der Waals surface area (Å²) in [6, 6.07) is 6.68. The van der Waals surface area contributed by atoms with Gasteiger partial charge in [-0.1, -0.05) is 12.1 Å². The van der Waals surface area contributed by atoms with Gasteiger partial charge in [0, 0.05) is 74.7 Å². The van der Waals surface area contributed by atoms with Gasteiger partial charge in [-0.15, -0.1) is 0 Å². The Hall–Kier alpha value is -2.97. The molecule has 156 valence electrons. The van der Waals surface area contributed by atoms with E-state index in [0.29, 0.717) is 11.4 Å². The molecule has 1 spiro atoms. The van der Waals surface area contributed by atoms with Gasteiger partial charge in [-0.05, 0) is 30.5 Å². The second-order valence-corrected chi connectivity index (χ2v) is 8.82. The minimum absolute atomic E-state index is 0.246. The Labute approximate surface area is 175 Å². The van der Waals surface area contributed by atoms with Gasteiger partial charge < -0.3 is 9.47 Å². The minimum Gasteiger partial charge on any atom is -0.350 e. The molecule has 8 heteroatoms. The van der Waals surface area contributed by atoms with Crippen LogP contribution in [0.2, 0.25) is 0 Å². The number of carbonyl (C=O) groups is 1. The van der Waals surface area contributed by atoms with Gasteiger partial charge in [0.05, 0.1) is 5.56 Å². The predicted molar refractivity (Wildman–Crippen MR) is 113 cm³/mol. The Bertz CT molecular complexity index is 1100. The van der Waals surface area contributed by atoms with Gasteiger partial charge in [-0.2, -0.15) is 0 Å². The van der Waals surface area contributed by atoms with E-state index >= 15 is 0 Å². The van der Waals surface area contributed by atoms with Crippen molar-refractivity contribution < 1.29 is 10.0 Å². The van der Waals surface area contributed by atoms with Crippen LogP contribution in [0, 0.1) is 12.3 Å². The van der Waals surface area contributed by atoms with Crippen LogP contribution in [0.1, 0.15) is 27.9 Å². The number of aryl methyl sites for hydroxylation is 2. The quantitative estimate of drug-likeness (QED) is 0.510. The number of likely N-dealkylation sites (tertiary alicyclic amines) is 1. The van der Waals surface area contributed by atoms with Crippen LogP contribution in [-0.2, 0) is 13.6 Å². The maximum absolute atomic E-state index is 11.4. The summed E-state index contributed by atoms with van der Waals surface area (Å²) in [6.45, 7) is 7.13. The first-order valence-corrected chi connectivity index (χ1v) is 10.2. The summed E-state index contributed by atoms with van der Waals surface area (Å²) in [7, 11) is 2.12. The highest BCUT2D eigenvalue weighted by Crippen LogP contribution is 2.41. The second-order valence-electron chi connectivity index (χ2n) is 8.82. The molecule has 0 atom stereocenters. The normalized spacial score (nSPS) is 18.2. The van der Waals surface area contributed by atoms with Crippen molar-refractivity contribution in [2.75, 3.05) is 31.1 Å². The summed E-state index contributed by atoms with van der Waals surface area (Å²) >= 11 is 0. The zero-order valence-electron chi connectivity index (χ0n) is 17.3. The Balaban J connectivity index is 1.22. The highest BCUT2D eigenvalue weighted by molar-refractivity contribution is 5.92. The molecule has 2 saturated heterocycles. The summed E-state index contributed by atoms with van der Waals surface area (Å²) in [5.74, 6) is 0.0434. The number of hydrogen-bond donors (Lipinski definition) is 2. The lowest BCUT2D eigenvalue weighted by atomic mass is 9.79. The summed E-state index contributed by atoms with van der Waals surface area (Å²) in [4.78, 5) is 24.8. The molecule has 0 saturated carbocycles. The smallest absolute Gasteiger partial charge is 0.277 e. The Kier molecular flexibility index (Phi) is 4.48. The number of anilines is 1. The number of nitrogens with one attached hydrogen (secondary N) is 1. The van der Waals surface area contributed by atoms with Crippen LogP contribution < -0.4 is 10.4 Å². The fourth-order valence-electron chi connectivity index (χ4n) is 4.99. The van der Waals surface area contributed by atoms with Crippen molar-refractivity contribution in [3.8, 4) is 0 Å². The lowest BCUT2D eigenvalue weighted by molar-refractivity contribution is 0.0119. The Morgan fingerprint density at radius 3 is 2.73 bits per heavy atom. The molecule has 2 N–H and O–H groups in total. The van der Waals surface area contributed by atoms with E-state index in [-0.39, 0.29) is 5.56 Å². The largest absolute Gasteiger partial charge is 0.350 e. The molecule has 2 aliphatic heterocycles. The van der Waals surface area contributed by atoms with E-state index in [9.17, 15) is 4.79 Å². The van der Waals surface area contributed by atoms with E-state index in [0.717, 1.165) is 39.1 Å². The lowest BCUT2D eigenvalue weighted by Gasteiger charge is -2.48. The second kappa shape index (κ2) is 7.07. The molecule has 3 aromatic rings. The van der Waals surface area contributed by atoms with Crippen molar-refractivity contribution >= 4 is 22.8 Å². The maximum Gasteiger partial charge on any atom is 0.277 e. The zero-order valence-corrected chi connectivity index (χ0v) is 17.3. The van der Waals surface area contributed by atoms with Crippen LogP contribution in [0.3, 0.4) is 0 Å². The molecule has 0 bridgehead atoms.